The molecule has 0 spiro atoms. The summed E-state index contributed by atoms with van der Waals surface area (Å²) in [4.78, 5) is 11.3. The Morgan fingerprint density at radius 2 is 1.74 bits per heavy atom. The largest absolute Gasteiger partial charge is 0.324 e. The monoisotopic (exact) mass is 549 g/mol. The third-order valence-corrected chi connectivity index (χ3v) is 9.26. The number of nitrogens with one attached hydrogen (secondary N) is 1. The van der Waals surface area contributed by atoms with Crippen LogP contribution in [0.3, 0.4) is 0 Å². The van der Waals surface area contributed by atoms with Gasteiger partial charge in [-0.3, -0.25) is 9.58 Å². The molecule has 1 aliphatic rings. The standard InChI is InChI=1S/C28H32FN7O2S/c1-20-22(18-31-35(20)3)19-34(2)25-13-16-36(17-14-25)39(37,38)26-10-8-24(9-11-26)32-28-30-15-12-27(33-28)21-4-6-23(29)7-5-21/h4-12,15,18,25H,13-14,16-17,19H2,1-3H3,(H,30,32,33). The maximum absolute atomic E-state index is 13.3. The summed E-state index contributed by atoms with van der Waals surface area (Å²) >= 11 is 0. The number of hydrogen-bond acceptors (Lipinski definition) is 7. The normalized spacial score (nSPS) is 15.1. The van der Waals surface area contributed by atoms with Crippen LogP contribution in [0.5, 0.6) is 0 Å². The van der Waals surface area contributed by atoms with Crippen molar-refractivity contribution in [2.24, 2.45) is 7.05 Å². The molecule has 0 aliphatic carbocycles. The lowest BCUT2D eigenvalue weighted by molar-refractivity contribution is 0.162. The Morgan fingerprint density at radius 1 is 1.05 bits per heavy atom. The van der Waals surface area contributed by atoms with E-state index >= 15 is 0 Å². The van der Waals surface area contributed by atoms with Gasteiger partial charge < -0.3 is 5.32 Å². The van der Waals surface area contributed by atoms with E-state index in [2.05, 4.69) is 39.3 Å². The molecule has 4 aromatic rings. The highest BCUT2D eigenvalue weighted by molar-refractivity contribution is 7.89. The van der Waals surface area contributed by atoms with E-state index in [-0.39, 0.29) is 10.7 Å². The predicted octanol–water partition coefficient (Wildman–Crippen LogP) is 4.35. The fourth-order valence-corrected chi connectivity index (χ4v) is 6.28. The lowest BCUT2D eigenvalue weighted by atomic mass is 10.0. The van der Waals surface area contributed by atoms with E-state index < -0.39 is 10.0 Å². The first kappa shape index (κ1) is 26.9. The Morgan fingerprint density at radius 3 is 2.38 bits per heavy atom. The molecule has 0 radical (unpaired) electrons. The zero-order chi connectivity index (χ0) is 27.6. The highest BCUT2D eigenvalue weighted by atomic mass is 32.2. The highest BCUT2D eigenvalue weighted by Crippen LogP contribution is 2.26. The van der Waals surface area contributed by atoms with Crippen LogP contribution in [0.15, 0.2) is 71.9 Å². The van der Waals surface area contributed by atoms with Crippen LogP contribution in [0.4, 0.5) is 16.0 Å². The lowest BCUT2D eigenvalue weighted by Crippen LogP contribution is -2.45. The molecule has 9 nitrogen and oxygen atoms in total. The van der Waals surface area contributed by atoms with Gasteiger partial charge in [-0.2, -0.15) is 9.40 Å². The smallest absolute Gasteiger partial charge is 0.243 e. The maximum atomic E-state index is 13.3. The number of sulfonamides is 1. The average Bonchev–Trinajstić information content (AvgIpc) is 3.26. The first-order valence-corrected chi connectivity index (χ1v) is 14.3. The molecule has 5 rings (SSSR count). The topological polar surface area (TPSA) is 96.2 Å². The highest BCUT2D eigenvalue weighted by Gasteiger charge is 2.31. The molecule has 2 aromatic heterocycles. The molecule has 1 N–H and O–H groups in total. The van der Waals surface area contributed by atoms with Crippen molar-refractivity contribution in [3.63, 3.8) is 0 Å². The fourth-order valence-electron chi connectivity index (χ4n) is 4.81. The van der Waals surface area contributed by atoms with Gasteiger partial charge in [0.2, 0.25) is 16.0 Å². The van der Waals surface area contributed by atoms with Crippen LogP contribution in [-0.4, -0.2) is 63.6 Å². The van der Waals surface area contributed by atoms with Gasteiger partial charge in [0.1, 0.15) is 5.82 Å². The van der Waals surface area contributed by atoms with Crippen molar-refractivity contribution in [3.8, 4) is 11.3 Å². The summed E-state index contributed by atoms with van der Waals surface area (Å²) in [5.74, 6) is 0.0499. The van der Waals surface area contributed by atoms with Gasteiger partial charge in [-0.05, 0) is 81.4 Å². The van der Waals surface area contributed by atoms with Crippen molar-refractivity contribution < 1.29 is 12.8 Å². The molecule has 1 saturated heterocycles. The summed E-state index contributed by atoms with van der Waals surface area (Å²) in [7, 11) is 0.428. The fraction of sp³-hybridized carbons (Fsp3) is 0.321. The van der Waals surface area contributed by atoms with Gasteiger partial charge in [0.05, 0.1) is 16.8 Å². The van der Waals surface area contributed by atoms with Gasteiger partial charge in [0, 0.05) is 61.4 Å². The summed E-state index contributed by atoms with van der Waals surface area (Å²) in [6.07, 6.45) is 5.07. The third kappa shape index (κ3) is 6.00. The van der Waals surface area contributed by atoms with E-state index in [1.807, 2.05) is 17.9 Å². The molecule has 0 amide bonds. The summed E-state index contributed by atoms with van der Waals surface area (Å²) in [6.45, 7) is 3.81. The van der Waals surface area contributed by atoms with Gasteiger partial charge >= 0.3 is 0 Å². The Labute approximate surface area is 228 Å². The summed E-state index contributed by atoms with van der Waals surface area (Å²) < 4.78 is 43.3. The second kappa shape index (κ2) is 11.2. The van der Waals surface area contributed by atoms with Crippen LogP contribution in [0.25, 0.3) is 11.3 Å². The Balaban J connectivity index is 1.20. The number of benzene rings is 2. The van der Waals surface area contributed by atoms with Gasteiger partial charge in [-0.15, -0.1) is 0 Å². The molecular formula is C28H32FN7O2S. The molecule has 0 unspecified atom stereocenters. The zero-order valence-corrected chi connectivity index (χ0v) is 23.1. The van der Waals surface area contributed by atoms with Gasteiger partial charge in [-0.25, -0.2) is 22.8 Å². The zero-order valence-electron chi connectivity index (χ0n) is 22.2. The first-order chi connectivity index (χ1) is 18.7. The van der Waals surface area contributed by atoms with E-state index in [4.69, 9.17) is 0 Å². The summed E-state index contributed by atoms with van der Waals surface area (Å²) in [5, 5.41) is 7.43. The minimum Gasteiger partial charge on any atom is -0.324 e. The quantitative estimate of drug-likeness (QED) is 0.349. The molecule has 204 valence electrons. The van der Waals surface area contributed by atoms with E-state index in [9.17, 15) is 12.8 Å². The number of halogens is 1. The van der Waals surface area contributed by atoms with Gasteiger partial charge in [-0.1, -0.05) is 0 Å². The van der Waals surface area contributed by atoms with Crippen molar-refractivity contribution in [2.75, 3.05) is 25.5 Å². The maximum Gasteiger partial charge on any atom is 0.243 e. The molecule has 0 atom stereocenters. The number of anilines is 2. The van der Waals surface area contributed by atoms with Crippen molar-refractivity contribution in [1.29, 1.82) is 0 Å². The Hall–Kier alpha value is -3.67. The molecule has 0 saturated carbocycles. The number of hydrogen-bond donors (Lipinski definition) is 1. The minimum absolute atomic E-state index is 0.256. The number of rotatable bonds is 8. The lowest BCUT2D eigenvalue weighted by Gasteiger charge is -2.36. The number of nitrogens with zero attached hydrogens (tertiary/aromatic N) is 6. The Bertz CT molecular complexity index is 1530. The number of piperidine rings is 1. The molecule has 11 heteroatoms. The van der Waals surface area contributed by atoms with Crippen molar-refractivity contribution in [2.45, 2.75) is 37.2 Å². The van der Waals surface area contributed by atoms with Crippen LogP contribution >= 0.6 is 0 Å². The molecule has 0 bridgehead atoms. The molecule has 2 aromatic carbocycles. The average molecular weight is 550 g/mol. The molecule has 39 heavy (non-hydrogen) atoms. The summed E-state index contributed by atoms with van der Waals surface area (Å²) in [5.41, 5.74) is 4.42. The molecular weight excluding hydrogens is 517 g/mol. The molecule has 1 aliphatic heterocycles. The van der Waals surface area contributed by atoms with Crippen LogP contribution in [0.1, 0.15) is 24.1 Å². The van der Waals surface area contributed by atoms with E-state index in [0.717, 1.165) is 30.6 Å². The Kier molecular flexibility index (Phi) is 7.74. The van der Waals surface area contributed by atoms with Crippen molar-refractivity contribution >= 4 is 21.7 Å². The van der Waals surface area contributed by atoms with Crippen molar-refractivity contribution in [1.82, 2.24) is 29.0 Å². The van der Waals surface area contributed by atoms with Gasteiger partial charge in [0.25, 0.3) is 0 Å². The predicted molar refractivity (Wildman–Crippen MR) is 148 cm³/mol. The first-order valence-electron chi connectivity index (χ1n) is 12.8. The number of aromatic nitrogens is 4. The number of aryl methyl sites for hydroxylation is 1. The summed E-state index contributed by atoms with van der Waals surface area (Å²) in [6, 6.07) is 14.8. The van der Waals surface area contributed by atoms with Crippen LogP contribution in [-0.2, 0) is 23.6 Å². The molecule has 3 heterocycles. The van der Waals surface area contributed by atoms with E-state index in [0.29, 0.717) is 36.5 Å². The van der Waals surface area contributed by atoms with Crippen LogP contribution < -0.4 is 5.32 Å². The van der Waals surface area contributed by atoms with E-state index in [1.54, 1.807) is 53.0 Å². The second-order valence-corrected chi connectivity index (χ2v) is 11.8. The minimum atomic E-state index is -3.60. The molecule has 1 fully saturated rings. The second-order valence-electron chi connectivity index (χ2n) is 9.85. The van der Waals surface area contributed by atoms with Crippen molar-refractivity contribution in [3.05, 3.63) is 84.1 Å². The van der Waals surface area contributed by atoms with Crippen LogP contribution in [0.2, 0.25) is 0 Å². The third-order valence-electron chi connectivity index (χ3n) is 7.35. The SMILES string of the molecule is Cc1c(CN(C)C2CCN(S(=O)(=O)c3ccc(Nc4nccc(-c5ccc(F)cc5)n4)cc3)CC2)cnn1C. The van der Waals surface area contributed by atoms with E-state index in [1.165, 1.54) is 17.7 Å². The van der Waals surface area contributed by atoms with Crippen LogP contribution in [0, 0.1) is 12.7 Å². The van der Waals surface area contributed by atoms with Gasteiger partial charge in [0.15, 0.2) is 0 Å².